The van der Waals surface area contributed by atoms with Crippen LogP contribution in [0.4, 0.5) is 0 Å². The van der Waals surface area contributed by atoms with Crippen LogP contribution in [-0.2, 0) is 4.79 Å². The molecule has 1 N–H and O–H groups in total. The van der Waals surface area contributed by atoms with Gasteiger partial charge in [0.25, 0.3) is 0 Å². The van der Waals surface area contributed by atoms with Crippen molar-refractivity contribution in [3.05, 3.63) is 65.7 Å². The van der Waals surface area contributed by atoms with Gasteiger partial charge in [-0.15, -0.1) is 0 Å². The first-order chi connectivity index (χ1) is 8.72. The molecule has 0 aliphatic carbocycles. The van der Waals surface area contributed by atoms with E-state index in [1.165, 1.54) is 0 Å². The molecule has 18 heavy (non-hydrogen) atoms. The predicted molar refractivity (Wildman–Crippen MR) is 68.9 cm³/mol. The summed E-state index contributed by atoms with van der Waals surface area (Å²) >= 11 is 0. The van der Waals surface area contributed by atoms with Crippen molar-refractivity contribution in [2.75, 3.05) is 7.11 Å². The number of hydrogen-bond donors (Lipinski definition) is 1. The Kier molecular flexibility index (Phi) is 3.63. The number of ether oxygens (including phenoxy) is 1. The first-order valence-electron chi connectivity index (χ1n) is 5.64. The Morgan fingerprint density at radius 1 is 1.00 bits per heavy atom. The highest BCUT2D eigenvalue weighted by Gasteiger charge is 2.21. The Hall–Kier alpha value is -2.29. The van der Waals surface area contributed by atoms with E-state index >= 15 is 0 Å². The largest absolute Gasteiger partial charge is 0.497 e. The smallest absolute Gasteiger partial charge is 0.315 e. The van der Waals surface area contributed by atoms with Crippen LogP contribution >= 0.6 is 0 Å². The van der Waals surface area contributed by atoms with Crippen LogP contribution in [-0.4, -0.2) is 18.2 Å². The maximum absolute atomic E-state index is 11.4. The molecule has 0 saturated carbocycles. The number of aliphatic carboxylic acids is 1. The number of hydrogen-bond acceptors (Lipinski definition) is 2. The molecule has 1 atom stereocenters. The van der Waals surface area contributed by atoms with Gasteiger partial charge in [-0.3, -0.25) is 4.79 Å². The van der Waals surface area contributed by atoms with Gasteiger partial charge in [0, 0.05) is 0 Å². The summed E-state index contributed by atoms with van der Waals surface area (Å²) in [5.74, 6) is -0.778. The number of methoxy groups -OCH3 is 1. The van der Waals surface area contributed by atoms with Crippen LogP contribution in [0.15, 0.2) is 54.6 Å². The van der Waals surface area contributed by atoms with Crippen molar-refractivity contribution in [1.29, 1.82) is 0 Å². The maximum Gasteiger partial charge on any atom is 0.315 e. The monoisotopic (exact) mass is 242 g/mol. The number of rotatable bonds is 4. The third-order valence-corrected chi connectivity index (χ3v) is 2.83. The molecule has 1 unspecified atom stereocenters. The Morgan fingerprint density at radius 2 is 1.56 bits per heavy atom. The van der Waals surface area contributed by atoms with Gasteiger partial charge in [0.05, 0.1) is 7.11 Å². The molecule has 2 aromatic rings. The molecule has 0 aliphatic heterocycles. The topological polar surface area (TPSA) is 46.5 Å². The molecule has 2 rings (SSSR count). The van der Waals surface area contributed by atoms with Crippen molar-refractivity contribution in [1.82, 2.24) is 0 Å². The van der Waals surface area contributed by atoms with Crippen molar-refractivity contribution in [2.45, 2.75) is 5.92 Å². The predicted octanol–water partition coefficient (Wildman–Crippen LogP) is 2.91. The lowest BCUT2D eigenvalue weighted by Gasteiger charge is -2.13. The highest BCUT2D eigenvalue weighted by atomic mass is 16.5. The van der Waals surface area contributed by atoms with E-state index < -0.39 is 11.9 Å². The molecule has 0 heterocycles. The van der Waals surface area contributed by atoms with Crippen LogP contribution in [0, 0.1) is 0 Å². The summed E-state index contributed by atoms with van der Waals surface area (Å²) in [6.45, 7) is 0. The van der Waals surface area contributed by atoms with Gasteiger partial charge in [0.1, 0.15) is 11.7 Å². The lowest BCUT2D eigenvalue weighted by atomic mass is 9.91. The van der Waals surface area contributed by atoms with Gasteiger partial charge in [-0.2, -0.15) is 0 Å². The molecule has 0 fully saturated rings. The molecule has 2 aromatic carbocycles. The zero-order valence-corrected chi connectivity index (χ0v) is 10.0. The summed E-state index contributed by atoms with van der Waals surface area (Å²) in [5, 5.41) is 9.38. The van der Waals surface area contributed by atoms with E-state index in [0.29, 0.717) is 0 Å². The van der Waals surface area contributed by atoms with E-state index in [1.807, 2.05) is 30.3 Å². The molecule has 3 nitrogen and oxygen atoms in total. The van der Waals surface area contributed by atoms with Crippen LogP contribution in [0.25, 0.3) is 0 Å². The van der Waals surface area contributed by atoms with Gasteiger partial charge in [0.2, 0.25) is 0 Å². The fourth-order valence-corrected chi connectivity index (χ4v) is 1.92. The molecule has 0 saturated heterocycles. The van der Waals surface area contributed by atoms with E-state index in [0.717, 1.165) is 16.9 Å². The lowest BCUT2D eigenvalue weighted by molar-refractivity contribution is -0.137. The Morgan fingerprint density at radius 3 is 2.06 bits per heavy atom. The Balaban J connectivity index is 2.39. The third kappa shape index (κ3) is 2.51. The lowest BCUT2D eigenvalue weighted by Crippen LogP contribution is -2.12. The van der Waals surface area contributed by atoms with Gasteiger partial charge in [-0.1, -0.05) is 42.5 Å². The molecule has 92 valence electrons. The van der Waals surface area contributed by atoms with Crippen LogP contribution < -0.4 is 4.74 Å². The second-order valence-electron chi connectivity index (χ2n) is 3.96. The van der Waals surface area contributed by atoms with E-state index in [2.05, 4.69) is 0 Å². The van der Waals surface area contributed by atoms with E-state index in [1.54, 1.807) is 31.4 Å². The summed E-state index contributed by atoms with van der Waals surface area (Å²) < 4.78 is 5.07. The molecule has 0 aliphatic rings. The number of carboxylic acids is 1. The molecule has 0 aromatic heterocycles. The molecular weight excluding hydrogens is 228 g/mol. The standard InChI is InChI=1S/C15H14O3/c1-18-13-9-7-12(8-10-13)14(15(16)17)11-5-3-2-4-6-11/h2-10,14H,1H3,(H,16,17). The van der Waals surface area contributed by atoms with Crippen LogP contribution in [0.5, 0.6) is 5.75 Å². The normalized spacial score (nSPS) is 11.8. The minimum Gasteiger partial charge on any atom is -0.497 e. The van der Waals surface area contributed by atoms with Crippen molar-refractivity contribution in [3.63, 3.8) is 0 Å². The molecule has 0 amide bonds. The Bertz CT molecular complexity index is 517. The van der Waals surface area contributed by atoms with Gasteiger partial charge in [0.15, 0.2) is 0 Å². The summed E-state index contributed by atoms with van der Waals surface area (Å²) in [5.41, 5.74) is 1.52. The summed E-state index contributed by atoms with van der Waals surface area (Å²) in [7, 11) is 1.58. The fourth-order valence-electron chi connectivity index (χ4n) is 1.92. The second-order valence-corrected chi connectivity index (χ2v) is 3.96. The quantitative estimate of drug-likeness (QED) is 0.896. The second kappa shape index (κ2) is 5.36. The molecule has 0 spiro atoms. The molecule has 0 radical (unpaired) electrons. The van der Waals surface area contributed by atoms with Crippen LogP contribution in [0.3, 0.4) is 0 Å². The average Bonchev–Trinajstić information content (AvgIpc) is 2.40. The van der Waals surface area contributed by atoms with Crippen LogP contribution in [0.1, 0.15) is 17.0 Å². The Labute approximate surface area is 106 Å². The van der Waals surface area contributed by atoms with Gasteiger partial charge in [-0.25, -0.2) is 0 Å². The van der Waals surface area contributed by atoms with E-state index in [9.17, 15) is 9.90 Å². The fraction of sp³-hybridized carbons (Fsp3) is 0.133. The number of carboxylic acid groups (broad SMARTS) is 1. The number of carbonyl (C=O) groups is 1. The van der Waals surface area contributed by atoms with E-state index in [-0.39, 0.29) is 0 Å². The van der Waals surface area contributed by atoms with Crippen molar-refractivity contribution >= 4 is 5.97 Å². The molecular formula is C15H14O3. The van der Waals surface area contributed by atoms with Gasteiger partial charge in [-0.05, 0) is 23.3 Å². The zero-order valence-electron chi connectivity index (χ0n) is 10.0. The SMILES string of the molecule is COc1ccc(C(C(=O)O)c2ccccc2)cc1. The third-order valence-electron chi connectivity index (χ3n) is 2.83. The minimum atomic E-state index is -0.855. The van der Waals surface area contributed by atoms with E-state index in [4.69, 9.17) is 4.74 Å². The number of benzene rings is 2. The summed E-state index contributed by atoms with van der Waals surface area (Å²) in [6.07, 6.45) is 0. The minimum absolute atomic E-state index is 0.642. The first-order valence-corrected chi connectivity index (χ1v) is 5.64. The maximum atomic E-state index is 11.4. The summed E-state index contributed by atoms with van der Waals surface area (Å²) in [6, 6.07) is 16.3. The first kappa shape index (κ1) is 12.2. The van der Waals surface area contributed by atoms with Crippen molar-refractivity contribution in [3.8, 4) is 5.75 Å². The average molecular weight is 242 g/mol. The van der Waals surface area contributed by atoms with Gasteiger partial charge < -0.3 is 9.84 Å². The molecule has 3 heteroatoms. The summed E-state index contributed by atoms with van der Waals surface area (Å²) in [4.78, 5) is 11.4. The highest BCUT2D eigenvalue weighted by molar-refractivity contribution is 5.80. The van der Waals surface area contributed by atoms with Crippen LogP contribution in [0.2, 0.25) is 0 Å². The molecule has 0 bridgehead atoms. The van der Waals surface area contributed by atoms with Gasteiger partial charge >= 0.3 is 5.97 Å². The van der Waals surface area contributed by atoms with Crippen molar-refractivity contribution in [2.24, 2.45) is 0 Å². The van der Waals surface area contributed by atoms with Crippen molar-refractivity contribution < 1.29 is 14.6 Å². The highest BCUT2D eigenvalue weighted by Crippen LogP contribution is 2.26. The zero-order chi connectivity index (χ0) is 13.0.